The van der Waals surface area contributed by atoms with E-state index in [0.29, 0.717) is 12.1 Å². The van der Waals surface area contributed by atoms with E-state index < -0.39 is 7.12 Å². The van der Waals surface area contributed by atoms with E-state index >= 15 is 0 Å². The first-order valence-corrected chi connectivity index (χ1v) is 8.01. The van der Waals surface area contributed by atoms with E-state index in [-0.39, 0.29) is 29.5 Å². The van der Waals surface area contributed by atoms with Crippen LogP contribution in [0.3, 0.4) is 0 Å². The van der Waals surface area contributed by atoms with Gasteiger partial charge in [0.05, 0.1) is 11.2 Å². The van der Waals surface area contributed by atoms with E-state index in [1.807, 2.05) is 64.9 Å². The van der Waals surface area contributed by atoms with Gasteiger partial charge in [0.1, 0.15) is 0 Å². The lowest BCUT2D eigenvalue weighted by atomic mass is 9.78. The molecule has 1 heterocycles. The number of amides is 1. The van der Waals surface area contributed by atoms with Crippen LogP contribution in [0.5, 0.6) is 0 Å². The van der Waals surface area contributed by atoms with Crippen molar-refractivity contribution in [2.24, 2.45) is 0 Å². The van der Waals surface area contributed by atoms with Crippen LogP contribution < -0.4 is 10.8 Å². The molecule has 1 fully saturated rings. The van der Waals surface area contributed by atoms with Crippen molar-refractivity contribution in [1.82, 2.24) is 10.2 Å². The molecule has 0 bridgehead atoms. The Morgan fingerprint density at radius 2 is 1.75 bits per heavy atom. The van der Waals surface area contributed by atoms with Crippen molar-refractivity contribution in [2.75, 3.05) is 27.2 Å². The molecule has 0 atom stereocenters. The molecule has 0 saturated carbocycles. The molecule has 0 aromatic heterocycles. The highest BCUT2D eigenvalue weighted by Gasteiger charge is 2.51. The third-order valence-corrected chi connectivity index (χ3v) is 4.52. The van der Waals surface area contributed by atoms with Crippen molar-refractivity contribution < 1.29 is 14.1 Å². The van der Waals surface area contributed by atoms with Crippen LogP contribution in [-0.2, 0) is 9.31 Å². The maximum absolute atomic E-state index is 12.2. The summed E-state index contributed by atoms with van der Waals surface area (Å²) in [6, 6.07) is 7.44. The largest absolute Gasteiger partial charge is 0.494 e. The van der Waals surface area contributed by atoms with Crippen molar-refractivity contribution in [3.63, 3.8) is 0 Å². The quantitative estimate of drug-likeness (QED) is 0.818. The van der Waals surface area contributed by atoms with Gasteiger partial charge in [-0.1, -0.05) is 12.1 Å². The van der Waals surface area contributed by atoms with Gasteiger partial charge in [-0.15, -0.1) is 12.4 Å². The number of carbonyl (C=O) groups excluding carboxylic acids is 1. The summed E-state index contributed by atoms with van der Waals surface area (Å²) in [7, 11) is 3.50. The third-order valence-electron chi connectivity index (χ3n) is 4.52. The van der Waals surface area contributed by atoms with E-state index in [2.05, 4.69) is 5.32 Å². The zero-order valence-corrected chi connectivity index (χ0v) is 16.2. The zero-order valence-electron chi connectivity index (χ0n) is 15.4. The lowest BCUT2D eigenvalue weighted by Crippen LogP contribution is -2.41. The Hall–Kier alpha value is -1.08. The molecule has 1 aromatic rings. The van der Waals surface area contributed by atoms with Gasteiger partial charge in [-0.25, -0.2) is 0 Å². The first-order valence-electron chi connectivity index (χ1n) is 8.01. The van der Waals surface area contributed by atoms with Crippen LogP contribution in [0.4, 0.5) is 0 Å². The highest BCUT2D eigenvalue weighted by molar-refractivity contribution is 6.62. The molecule has 0 radical (unpaired) electrons. The number of nitrogens with zero attached hydrogens (tertiary/aromatic N) is 1. The standard InChI is InChI=1S/C17H27BN2O3.ClH/c1-16(2)17(3,4)23-18(22-16)14-9-7-8-13(12-14)15(21)19-10-11-20(5)6;/h7-9,12H,10-11H2,1-6H3,(H,19,21);1H. The molecule has 24 heavy (non-hydrogen) atoms. The summed E-state index contributed by atoms with van der Waals surface area (Å²) >= 11 is 0. The molecule has 0 spiro atoms. The minimum atomic E-state index is -0.450. The number of carbonyl (C=O) groups is 1. The highest BCUT2D eigenvalue weighted by Crippen LogP contribution is 2.36. The fourth-order valence-corrected chi connectivity index (χ4v) is 2.30. The minimum absolute atomic E-state index is 0. The van der Waals surface area contributed by atoms with Gasteiger partial charge in [0.25, 0.3) is 5.91 Å². The maximum Gasteiger partial charge on any atom is 0.494 e. The van der Waals surface area contributed by atoms with E-state index in [0.717, 1.165) is 12.0 Å². The molecule has 7 heteroatoms. The number of halogens is 1. The summed E-state index contributed by atoms with van der Waals surface area (Å²) in [6.07, 6.45) is 0. The molecule has 1 aliphatic rings. The van der Waals surface area contributed by atoms with Gasteiger partial charge in [0.15, 0.2) is 0 Å². The van der Waals surface area contributed by atoms with Gasteiger partial charge in [0, 0.05) is 18.7 Å². The summed E-state index contributed by atoms with van der Waals surface area (Å²) < 4.78 is 12.1. The number of hydrogen-bond donors (Lipinski definition) is 1. The van der Waals surface area contributed by atoms with Gasteiger partial charge in [0.2, 0.25) is 0 Å². The minimum Gasteiger partial charge on any atom is -0.399 e. The van der Waals surface area contributed by atoms with Crippen molar-refractivity contribution in [3.05, 3.63) is 29.8 Å². The Kier molecular flexibility index (Phi) is 6.88. The van der Waals surface area contributed by atoms with Crippen molar-refractivity contribution in [1.29, 1.82) is 0 Å². The summed E-state index contributed by atoms with van der Waals surface area (Å²) in [6.45, 7) is 9.50. The van der Waals surface area contributed by atoms with Gasteiger partial charge in [-0.2, -0.15) is 0 Å². The third kappa shape index (κ3) is 4.73. The Morgan fingerprint density at radius 1 is 1.17 bits per heavy atom. The predicted octanol–water partition coefficient (Wildman–Crippen LogP) is 1.70. The highest BCUT2D eigenvalue weighted by atomic mass is 35.5. The molecule has 5 nitrogen and oxygen atoms in total. The lowest BCUT2D eigenvalue weighted by Gasteiger charge is -2.32. The van der Waals surface area contributed by atoms with Crippen molar-refractivity contribution >= 4 is 30.9 Å². The SMILES string of the molecule is CN(C)CCNC(=O)c1cccc(B2OC(C)(C)C(C)(C)O2)c1.Cl. The fraction of sp³-hybridized carbons (Fsp3) is 0.588. The Morgan fingerprint density at radius 3 is 2.29 bits per heavy atom. The first-order chi connectivity index (χ1) is 10.6. The Bertz CT molecular complexity index is 563. The zero-order chi connectivity index (χ0) is 17.3. The van der Waals surface area contributed by atoms with Crippen LogP contribution in [0.2, 0.25) is 0 Å². The van der Waals surface area contributed by atoms with Crippen LogP contribution >= 0.6 is 12.4 Å². The van der Waals surface area contributed by atoms with Crippen LogP contribution in [-0.4, -0.2) is 56.3 Å². The summed E-state index contributed by atoms with van der Waals surface area (Å²) in [5.74, 6) is -0.0785. The number of likely N-dealkylation sites (N-methyl/N-ethyl adjacent to an activating group) is 1. The van der Waals surface area contributed by atoms with Crippen LogP contribution in [0, 0.1) is 0 Å². The second-order valence-corrected chi connectivity index (χ2v) is 7.27. The first kappa shape index (κ1) is 21.0. The van der Waals surface area contributed by atoms with Crippen molar-refractivity contribution in [3.8, 4) is 0 Å². The summed E-state index contributed by atoms with van der Waals surface area (Å²) in [4.78, 5) is 14.3. The van der Waals surface area contributed by atoms with Gasteiger partial charge in [-0.3, -0.25) is 4.79 Å². The molecular weight excluding hydrogens is 326 g/mol. The molecule has 134 valence electrons. The summed E-state index contributed by atoms with van der Waals surface area (Å²) in [5.41, 5.74) is 0.711. The molecule has 1 aliphatic heterocycles. The van der Waals surface area contributed by atoms with E-state index in [9.17, 15) is 4.79 Å². The lowest BCUT2D eigenvalue weighted by molar-refractivity contribution is 0.00578. The van der Waals surface area contributed by atoms with Crippen LogP contribution in [0.15, 0.2) is 24.3 Å². The molecule has 1 N–H and O–H groups in total. The second kappa shape index (κ2) is 7.87. The molecule has 0 aliphatic carbocycles. The number of rotatable bonds is 5. The molecule has 2 rings (SSSR count). The molecule has 1 amide bonds. The van der Waals surface area contributed by atoms with Crippen molar-refractivity contribution in [2.45, 2.75) is 38.9 Å². The molecular formula is C17H28BClN2O3. The van der Waals surface area contributed by atoms with E-state index in [1.165, 1.54) is 0 Å². The van der Waals surface area contributed by atoms with E-state index in [1.54, 1.807) is 6.07 Å². The molecule has 1 saturated heterocycles. The van der Waals surface area contributed by atoms with Gasteiger partial charge in [-0.05, 0) is 59.4 Å². The normalized spacial score (nSPS) is 18.4. The average Bonchev–Trinajstić information content (AvgIpc) is 2.67. The smallest absolute Gasteiger partial charge is 0.399 e. The second-order valence-electron chi connectivity index (χ2n) is 7.27. The topological polar surface area (TPSA) is 50.8 Å². The summed E-state index contributed by atoms with van der Waals surface area (Å²) in [5, 5.41) is 2.92. The van der Waals surface area contributed by atoms with Crippen LogP contribution in [0.25, 0.3) is 0 Å². The predicted molar refractivity (Wildman–Crippen MR) is 100 cm³/mol. The molecule has 0 unspecified atom stereocenters. The average molecular weight is 355 g/mol. The molecule has 1 aromatic carbocycles. The monoisotopic (exact) mass is 354 g/mol. The maximum atomic E-state index is 12.2. The Balaban J connectivity index is 0.00000288. The number of nitrogens with one attached hydrogen (secondary N) is 1. The van der Waals surface area contributed by atoms with Crippen LogP contribution in [0.1, 0.15) is 38.1 Å². The number of hydrogen-bond acceptors (Lipinski definition) is 4. The van der Waals surface area contributed by atoms with E-state index in [4.69, 9.17) is 9.31 Å². The fourth-order valence-electron chi connectivity index (χ4n) is 2.30. The Labute approximate surface area is 151 Å². The van der Waals surface area contributed by atoms with Gasteiger partial charge < -0.3 is 19.5 Å². The van der Waals surface area contributed by atoms with Gasteiger partial charge >= 0.3 is 7.12 Å². The number of benzene rings is 1.